The predicted octanol–water partition coefficient (Wildman–Crippen LogP) is 4.91. The standard InChI is InChI=1S/C23H22O5/c1-26-18-9-5-17(6-10-18)22(23(24)25)15-16-3-7-20(8-4-16)28-21-13-11-19(27-2)12-14-21/h3-14,22H,15H2,1-2H3,(H,24,25). The zero-order valence-electron chi connectivity index (χ0n) is 15.8. The van der Waals surface area contributed by atoms with E-state index in [0.717, 1.165) is 16.9 Å². The van der Waals surface area contributed by atoms with E-state index in [-0.39, 0.29) is 0 Å². The Balaban J connectivity index is 1.69. The van der Waals surface area contributed by atoms with Crippen molar-refractivity contribution in [3.05, 3.63) is 83.9 Å². The van der Waals surface area contributed by atoms with Gasteiger partial charge >= 0.3 is 5.97 Å². The molecule has 0 saturated heterocycles. The first-order valence-corrected chi connectivity index (χ1v) is 8.86. The van der Waals surface area contributed by atoms with Crippen molar-refractivity contribution in [2.75, 3.05) is 14.2 Å². The van der Waals surface area contributed by atoms with E-state index in [2.05, 4.69) is 0 Å². The van der Waals surface area contributed by atoms with Gasteiger partial charge in [-0.1, -0.05) is 24.3 Å². The largest absolute Gasteiger partial charge is 0.497 e. The summed E-state index contributed by atoms with van der Waals surface area (Å²) in [5, 5.41) is 9.64. The normalized spacial score (nSPS) is 11.5. The van der Waals surface area contributed by atoms with Crippen molar-refractivity contribution in [3.8, 4) is 23.0 Å². The van der Waals surface area contributed by atoms with Gasteiger partial charge in [0.1, 0.15) is 23.0 Å². The molecule has 1 N–H and O–H groups in total. The Hall–Kier alpha value is -3.47. The summed E-state index contributed by atoms with van der Waals surface area (Å²) < 4.78 is 16.1. The summed E-state index contributed by atoms with van der Waals surface area (Å²) in [5.41, 5.74) is 1.66. The third-order valence-corrected chi connectivity index (χ3v) is 4.47. The van der Waals surface area contributed by atoms with E-state index in [1.807, 2.05) is 48.5 Å². The summed E-state index contributed by atoms with van der Waals surface area (Å²) >= 11 is 0. The lowest BCUT2D eigenvalue weighted by atomic mass is 9.92. The fourth-order valence-corrected chi connectivity index (χ4v) is 2.89. The van der Waals surface area contributed by atoms with Gasteiger partial charge in [-0.2, -0.15) is 0 Å². The number of carboxylic acid groups (broad SMARTS) is 1. The van der Waals surface area contributed by atoms with Crippen molar-refractivity contribution in [3.63, 3.8) is 0 Å². The van der Waals surface area contributed by atoms with E-state index in [0.29, 0.717) is 23.7 Å². The smallest absolute Gasteiger partial charge is 0.311 e. The van der Waals surface area contributed by atoms with Crippen molar-refractivity contribution >= 4 is 5.97 Å². The minimum Gasteiger partial charge on any atom is -0.497 e. The van der Waals surface area contributed by atoms with E-state index in [4.69, 9.17) is 14.2 Å². The second kappa shape index (κ2) is 8.95. The topological polar surface area (TPSA) is 65.0 Å². The Morgan fingerprint density at radius 2 is 1.18 bits per heavy atom. The molecule has 0 bridgehead atoms. The number of ether oxygens (including phenoxy) is 3. The summed E-state index contributed by atoms with van der Waals surface area (Å²) in [5.74, 6) is 1.37. The summed E-state index contributed by atoms with van der Waals surface area (Å²) in [6, 6.07) is 21.9. The van der Waals surface area contributed by atoms with Crippen LogP contribution < -0.4 is 14.2 Å². The van der Waals surface area contributed by atoms with Crippen LogP contribution in [0.25, 0.3) is 0 Å². The van der Waals surface area contributed by atoms with Crippen molar-refractivity contribution in [1.29, 1.82) is 0 Å². The van der Waals surface area contributed by atoms with Crippen LogP contribution in [-0.2, 0) is 11.2 Å². The van der Waals surface area contributed by atoms with E-state index in [1.165, 1.54) is 0 Å². The average Bonchev–Trinajstić information content (AvgIpc) is 2.73. The third-order valence-electron chi connectivity index (χ3n) is 4.47. The van der Waals surface area contributed by atoms with Crippen molar-refractivity contribution in [1.82, 2.24) is 0 Å². The van der Waals surface area contributed by atoms with Gasteiger partial charge in [-0.3, -0.25) is 4.79 Å². The zero-order valence-corrected chi connectivity index (χ0v) is 15.8. The molecule has 3 rings (SSSR count). The molecular formula is C23H22O5. The highest BCUT2D eigenvalue weighted by Crippen LogP contribution is 2.27. The minimum absolute atomic E-state index is 0.393. The highest BCUT2D eigenvalue weighted by Gasteiger charge is 2.20. The van der Waals surface area contributed by atoms with E-state index in [9.17, 15) is 9.90 Å². The molecule has 0 aromatic heterocycles. The summed E-state index contributed by atoms with van der Waals surface area (Å²) in [6.07, 6.45) is 0.393. The van der Waals surface area contributed by atoms with Gasteiger partial charge < -0.3 is 19.3 Å². The van der Waals surface area contributed by atoms with E-state index >= 15 is 0 Å². The first-order valence-electron chi connectivity index (χ1n) is 8.86. The van der Waals surface area contributed by atoms with Crippen molar-refractivity contribution in [2.24, 2.45) is 0 Å². The first kappa shape index (κ1) is 19.3. The van der Waals surface area contributed by atoms with Gasteiger partial charge in [-0.05, 0) is 66.1 Å². The average molecular weight is 378 g/mol. The SMILES string of the molecule is COc1ccc(Oc2ccc(CC(C(=O)O)c3ccc(OC)cc3)cc2)cc1. The van der Waals surface area contributed by atoms with Crippen LogP contribution in [0.15, 0.2) is 72.8 Å². The maximum atomic E-state index is 11.8. The molecule has 0 fully saturated rings. The van der Waals surface area contributed by atoms with Crippen molar-refractivity contribution < 1.29 is 24.1 Å². The van der Waals surface area contributed by atoms with Crippen LogP contribution in [0.1, 0.15) is 17.0 Å². The van der Waals surface area contributed by atoms with Crippen LogP contribution in [0.3, 0.4) is 0 Å². The fraction of sp³-hybridized carbons (Fsp3) is 0.174. The molecule has 0 saturated carbocycles. The third kappa shape index (κ3) is 4.82. The summed E-state index contributed by atoms with van der Waals surface area (Å²) in [4.78, 5) is 11.8. The second-order valence-electron chi connectivity index (χ2n) is 6.29. The Bertz CT molecular complexity index is 899. The molecule has 0 spiro atoms. The Morgan fingerprint density at radius 3 is 1.64 bits per heavy atom. The number of benzene rings is 3. The zero-order chi connectivity index (χ0) is 19.9. The molecular weight excluding hydrogens is 356 g/mol. The van der Waals surface area contributed by atoms with Gasteiger partial charge in [-0.25, -0.2) is 0 Å². The lowest BCUT2D eigenvalue weighted by Gasteiger charge is -2.14. The second-order valence-corrected chi connectivity index (χ2v) is 6.29. The number of aliphatic carboxylic acids is 1. The highest BCUT2D eigenvalue weighted by atomic mass is 16.5. The molecule has 0 aliphatic carbocycles. The van der Waals surface area contributed by atoms with Gasteiger partial charge in [0.05, 0.1) is 20.1 Å². The number of methoxy groups -OCH3 is 2. The van der Waals surface area contributed by atoms with Gasteiger partial charge in [0.15, 0.2) is 0 Å². The van der Waals surface area contributed by atoms with Crippen LogP contribution in [0.4, 0.5) is 0 Å². The van der Waals surface area contributed by atoms with Crippen LogP contribution >= 0.6 is 0 Å². The highest BCUT2D eigenvalue weighted by molar-refractivity contribution is 5.76. The molecule has 1 atom stereocenters. The van der Waals surface area contributed by atoms with Crippen LogP contribution in [-0.4, -0.2) is 25.3 Å². The number of carbonyl (C=O) groups is 1. The fourth-order valence-electron chi connectivity index (χ4n) is 2.89. The Labute approximate surface area is 164 Å². The Kier molecular flexibility index (Phi) is 6.17. The number of hydrogen-bond acceptors (Lipinski definition) is 4. The summed E-state index contributed by atoms with van der Waals surface area (Å²) in [6.45, 7) is 0. The predicted molar refractivity (Wildman–Crippen MR) is 107 cm³/mol. The number of carboxylic acids is 1. The lowest BCUT2D eigenvalue weighted by molar-refractivity contribution is -0.138. The first-order chi connectivity index (χ1) is 13.6. The van der Waals surface area contributed by atoms with Gasteiger partial charge in [0.2, 0.25) is 0 Å². The maximum absolute atomic E-state index is 11.8. The van der Waals surface area contributed by atoms with Gasteiger partial charge in [0, 0.05) is 0 Å². The van der Waals surface area contributed by atoms with E-state index in [1.54, 1.807) is 38.5 Å². The maximum Gasteiger partial charge on any atom is 0.311 e. The molecule has 3 aromatic carbocycles. The summed E-state index contributed by atoms with van der Waals surface area (Å²) in [7, 11) is 3.20. The van der Waals surface area contributed by atoms with Gasteiger partial charge in [-0.15, -0.1) is 0 Å². The molecule has 5 nitrogen and oxygen atoms in total. The molecule has 1 unspecified atom stereocenters. The molecule has 3 aromatic rings. The minimum atomic E-state index is -0.858. The van der Waals surface area contributed by atoms with Gasteiger partial charge in [0.25, 0.3) is 0 Å². The monoisotopic (exact) mass is 378 g/mol. The molecule has 5 heteroatoms. The van der Waals surface area contributed by atoms with Crippen LogP contribution in [0.2, 0.25) is 0 Å². The molecule has 0 heterocycles. The van der Waals surface area contributed by atoms with Crippen molar-refractivity contribution in [2.45, 2.75) is 12.3 Å². The van der Waals surface area contributed by atoms with Crippen LogP contribution in [0.5, 0.6) is 23.0 Å². The van der Waals surface area contributed by atoms with E-state index < -0.39 is 11.9 Å². The number of hydrogen-bond donors (Lipinski definition) is 1. The Morgan fingerprint density at radius 1 is 0.750 bits per heavy atom. The molecule has 0 aliphatic rings. The number of rotatable bonds is 8. The molecule has 0 amide bonds. The molecule has 144 valence electrons. The quantitative estimate of drug-likeness (QED) is 0.603. The molecule has 0 aliphatic heterocycles. The molecule has 0 radical (unpaired) electrons. The molecule has 28 heavy (non-hydrogen) atoms. The van der Waals surface area contributed by atoms with Crippen LogP contribution in [0, 0.1) is 0 Å². The lowest BCUT2D eigenvalue weighted by Crippen LogP contribution is -2.14.